The normalized spacial score (nSPS) is 13.2. The second kappa shape index (κ2) is 36.5. The topological polar surface area (TPSA) is 226 Å². The van der Waals surface area contributed by atoms with E-state index in [0.717, 1.165) is 43.1 Å². The van der Waals surface area contributed by atoms with Crippen molar-refractivity contribution in [1.29, 1.82) is 0 Å². The highest BCUT2D eigenvalue weighted by molar-refractivity contribution is 7.17. The van der Waals surface area contributed by atoms with Gasteiger partial charge in [0.15, 0.2) is 16.7 Å². The van der Waals surface area contributed by atoms with E-state index in [-0.39, 0.29) is 124 Å². The van der Waals surface area contributed by atoms with E-state index < -0.39 is 24.2 Å². The zero-order valence-electron chi connectivity index (χ0n) is 42.4. The maximum atomic E-state index is 12.8. The van der Waals surface area contributed by atoms with Gasteiger partial charge in [-0.3, -0.25) is 9.59 Å². The van der Waals surface area contributed by atoms with Crippen molar-refractivity contribution in [1.82, 2.24) is 20.0 Å². The number of nitrogens with one attached hydrogen (secondary N) is 1. The molecule has 0 unspecified atom stereocenters. The molecule has 0 bridgehead atoms. The summed E-state index contributed by atoms with van der Waals surface area (Å²) in [6.45, 7) is 14.9. The summed E-state index contributed by atoms with van der Waals surface area (Å²) in [5.41, 5.74) is 1.03. The van der Waals surface area contributed by atoms with Gasteiger partial charge in [-0.25, -0.2) is 15.0 Å². The van der Waals surface area contributed by atoms with E-state index in [4.69, 9.17) is 58.4 Å². The molecule has 1 aliphatic rings. The van der Waals surface area contributed by atoms with Gasteiger partial charge in [-0.2, -0.15) is 5.06 Å². The monoisotopic (exact) mass is 997 g/mol. The molecule has 0 radical (unpaired) electrons. The molecule has 0 saturated carbocycles. The summed E-state index contributed by atoms with van der Waals surface area (Å²) in [7, 11) is 1.69. The second-order valence-electron chi connectivity index (χ2n) is 14.6. The van der Waals surface area contributed by atoms with Gasteiger partial charge < -0.3 is 67.3 Å². The van der Waals surface area contributed by atoms with Gasteiger partial charge in [0.05, 0.1) is 103 Å². The Kier molecular flexibility index (Phi) is 29.2. The number of nitrogens with zero attached hydrogens (tertiary/aromatic N) is 5. The van der Waals surface area contributed by atoms with Crippen LogP contribution < -0.4 is 10.2 Å². The molecular weight excluding hydrogens is 928 g/mol. The molecule has 22 heteroatoms. The number of anilines is 3. The van der Waals surface area contributed by atoms with E-state index in [9.17, 15) is 24.0 Å². The molecule has 3 heterocycles. The number of rotatable bonds is 35. The highest BCUT2D eigenvalue weighted by Crippen LogP contribution is 2.27. The molecule has 68 heavy (non-hydrogen) atoms. The molecule has 378 valence electrons. The van der Waals surface area contributed by atoms with Gasteiger partial charge in [-0.05, 0) is 38.0 Å². The van der Waals surface area contributed by atoms with Crippen molar-refractivity contribution >= 4 is 70.1 Å². The van der Waals surface area contributed by atoms with Crippen LogP contribution in [-0.4, -0.2) is 189 Å². The molecule has 1 aliphatic heterocycles. The van der Waals surface area contributed by atoms with Crippen LogP contribution in [0.15, 0.2) is 43.6 Å². The quantitative estimate of drug-likeness (QED) is 0.0378. The summed E-state index contributed by atoms with van der Waals surface area (Å²) in [6.07, 6.45) is -0.696. The fourth-order valence-electron chi connectivity index (χ4n) is 6.02. The van der Waals surface area contributed by atoms with Crippen LogP contribution in [0.2, 0.25) is 5.02 Å². The number of thiazole rings is 1. The van der Waals surface area contributed by atoms with Gasteiger partial charge in [0.1, 0.15) is 66.8 Å². The SMILES string of the molecule is C=C.CON1CCN(c2cc(Nc3ncc(C(=O)Cc4c(C)cccc4Cl)s3)nc(C)n2)CC1.[2H]C(=O)COCCOCC(COCCOCC([2H])=O)(COCCOCC([2H])=O)COCCOCC(C)=O. The fourth-order valence-corrected chi connectivity index (χ4v) is 7.07. The minimum atomic E-state index is -0.847. The minimum absolute atomic E-state index is 0.0117. The number of benzene rings is 1. The zero-order valence-corrected chi connectivity index (χ0v) is 41.0. The highest BCUT2D eigenvalue weighted by atomic mass is 35.5. The lowest BCUT2D eigenvalue weighted by Crippen LogP contribution is -2.46. The summed E-state index contributed by atoms with van der Waals surface area (Å²) in [5, 5.41) is 6.37. The standard InChI is InChI=1S/C22H25ClN6O2S.C22H38O12.C2H4/c1-14-5-4-6-17(23)16(14)11-18(30)19-13-24-22(32-19)27-20-12-21(26-15(2)25-20)28-7-9-29(31-3)10-8-28;1-21(26)16-30-11-15-34-20-22(17-31-12-8-27-5-2-23,18-32-13-9-28-6-3-24)19-33-14-10-29-7-4-25;1-2/h4-6,12-13H,7-11H2,1-3H3,(H,24,25,26,27);2-4H,5-20H2,1H3;1-2H2/i;2D,3D,4D;. The van der Waals surface area contributed by atoms with Crippen LogP contribution in [0.5, 0.6) is 0 Å². The molecule has 0 amide bonds. The first-order valence-corrected chi connectivity index (χ1v) is 22.8. The van der Waals surface area contributed by atoms with Crippen molar-refractivity contribution in [3.8, 4) is 0 Å². The Morgan fingerprint density at radius 2 is 1.32 bits per heavy atom. The number of ketones is 2. The highest BCUT2D eigenvalue weighted by Gasteiger charge is 2.33. The molecule has 1 fully saturated rings. The molecule has 20 nitrogen and oxygen atoms in total. The number of carbonyl (C=O) groups is 5. The smallest absolute Gasteiger partial charge is 0.188 e. The number of halogens is 1. The molecular formula is C46H67ClN6O14S. The molecule has 4 rings (SSSR count). The van der Waals surface area contributed by atoms with Crippen LogP contribution in [0.25, 0.3) is 0 Å². The van der Waals surface area contributed by atoms with Crippen molar-refractivity contribution < 1.29 is 70.8 Å². The molecule has 2 aromatic heterocycles. The Morgan fingerprint density at radius 1 is 0.809 bits per heavy atom. The molecule has 0 aliphatic carbocycles. The average Bonchev–Trinajstić information content (AvgIpc) is 3.81. The lowest BCUT2D eigenvalue weighted by Gasteiger charge is -2.33. The Balaban J connectivity index is 0.000000473. The molecule has 1 aromatic carbocycles. The first kappa shape index (κ1) is 54.5. The van der Waals surface area contributed by atoms with E-state index in [1.165, 1.54) is 18.3 Å². The summed E-state index contributed by atoms with van der Waals surface area (Å²) >= 11 is 7.58. The van der Waals surface area contributed by atoms with Gasteiger partial charge in [0.2, 0.25) is 0 Å². The van der Waals surface area contributed by atoms with Crippen LogP contribution in [-0.2, 0) is 68.3 Å². The maximum absolute atomic E-state index is 12.8. The van der Waals surface area contributed by atoms with Gasteiger partial charge in [0.25, 0.3) is 0 Å². The first-order valence-electron chi connectivity index (χ1n) is 23.1. The van der Waals surface area contributed by atoms with Gasteiger partial charge in [-0.15, -0.1) is 13.2 Å². The van der Waals surface area contributed by atoms with Gasteiger partial charge >= 0.3 is 0 Å². The Bertz CT molecular complexity index is 1940. The van der Waals surface area contributed by atoms with E-state index in [1.54, 1.807) is 19.4 Å². The van der Waals surface area contributed by atoms with Crippen molar-refractivity contribution in [3.05, 3.63) is 70.5 Å². The molecule has 1 saturated heterocycles. The number of carbonyl (C=O) groups excluding carboxylic acids is 5. The molecule has 3 aromatic rings. The van der Waals surface area contributed by atoms with Crippen LogP contribution in [0, 0.1) is 19.3 Å². The number of piperazine rings is 1. The summed E-state index contributed by atoms with van der Waals surface area (Å²) in [5.74, 6) is 2.06. The van der Waals surface area contributed by atoms with Crippen molar-refractivity contribution in [2.45, 2.75) is 27.2 Å². The number of aldehydes is 3. The number of aryl methyl sites for hydroxylation is 2. The Morgan fingerprint density at radius 3 is 1.81 bits per heavy atom. The third-order valence-electron chi connectivity index (χ3n) is 9.26. The maximum Gasteiger partial charge on any atom is 0.188 e. The molecule has 0 atom stereocenters. The molecule has 0 spiro atoms. The Hall–Kier alpha value is -4.49. The van der Waals surface area contributed by atoms with E-state index in [2.05, 4.69) is 38.3 Å². The first-order chi connectivity index (χ1) is 34.1. The lowest BCUT2D eigenvalue weighted by atomic mass is 9.92. The number of aromatic nitrogens is 3. The third kappa shape index (κ3) is 24.7. The number of hydrogen-bond acceptors (Lipinski definition) is 21. The fraction of sp³-hybridized carbons (Fsp3) is 0.565. The third-order valence-corrected chi connectivity index (χ3v) is 10.6. The van der Waals surface area contributed by atoms with Crippen molar-refractivity contribution in [3.63, 3.8) is 0 Å². The van der Waals surface area contributed by atoms with Crippen LogP contribution >= 0.6 is 22.9 Å². The minimum Gasteiger partial charge on any atom is -0.378 e. The van der Waals surface area contributed by atoms with Crippen molar-refractivity contribution in [2.24, 2.45) is 5.41 Å². The number of hydroxylamine groups is 2. The zero-order chi connectivity index (χ0) is 52.4. The second-order valence-corrected chi connectivity index (χ2v) is 16.0. The Labute approximate surface area is 412 Å². The lowest BCUT2D eigenvalue weighted by molar-refractivity contribution is -0.133. The molecule has 1 N–H and O–H groups in total. The number of hydrogen-bond donors (Lipinski definition) is 1. The van der Waals surface area contributed by atoms with Crippen LogP contribution in [0.1, 0.15) is 37.7 Å². The average molecular weight is 999 g/mol. The summed E-state index contributed by atoms with van der Waals surface area (Å²) in [6, 6.07) is 7.56. The number of ether oxygens (including phenoxy) is 8. The van der Waals surface area contributed by atoms with Gasteiger partial charge in [0, 0.05) is 43.7 Å². The van der Waals surface area contributed by atoms with Gasteiger partial charge in [-0.1, -0.05) is 35.1 Å². The largest absolute Gasteiger partial charge is 0.378 e. The van der Waals surface area contributed by atoms with E-state index in [1.807, 2.05) is 37.1 Å². The van der Waals surface area contributed by atoms with E-state index in [0.29, 0.717) is 26.7 Å². The predicted molar refractivity (Wildman–Crippen MR) is 256 cm³/mol. The van der Waals surface area contributed by atoms with E-state index >= 15 is 0 Å². The van der Waals surface area contributed by atoms with Crippen LogP contribution in [0.3, 0.4) is 0 Å². The summed E-state index contributed by atoms with van der Waals surface area (Å²) in [4.78, 5) is 77.3. The van der Waals surface area contributed by atoms with Crippen LogP contribution in [0.4, 0.5) is 16.8 Å². The summed E-state index contributed by atoms with van der Waals surface area (Å²) < 4.78 is 63.6. The number of Topliss-reactive ketones (excluding diaryl/α,β-unsaturated/α-hetero) is 2. The van der Waals surface area contributed by atoms with Crippen molar-refractivity contribution in [2.75, 3.05) is 149 Å². The predicted octanol–water partition coefficient (Wildman–Crippen LogP) is 4.15.